The minimum atomic E-state index is 0.228. The van der Waals surface area contributed by atoms with Crippen LogP contribution in [0.5, 0.6) is 5.75 Å². The summed E-state index contributed by atoms with van der Waals surface area (Å²) >= 11 is 0. The molecule has 2 nitrogen and oxygen atoms in total. The van der Waals surface area contributed by atoms with Crippen molar-refractivity contribution in [1.29, 1.82) is 0 Å². The predicted octanol–water partition coefficient (Wildman–Crippen LogP) is 8.49. The van der Waals surface area contributed by atoms with Crippen LogP contribution in [0.4, 0.5) is 0 Å². The Balaban J connectivity index is 1.49. The number of hydrogen-bond acceptors (Lipinski definition) is 2. The van der Waals surface area contributed by atoms with Gasteiger partial charge >= 0.3 is 0 Å². The quantitative estimate of drug-likeness (QED) is 0.240. The molecule has 0 spiro atoms. The maximum atomic E-state index is 12.9. The lowest BCUT2D eigenvalue weighted by Crippen LogP contribution is -2.11. The second-order valence-electron chi connectivity index (χ2n) is 9.25. The minimum absolute atomic E-state index is 0.228. The van der Waals surface area contributed by atoms with Gasteiger partial charge in [0, 0.05) is 11.5 Å². The molecule has 1 aliphatic carbocycles. The summed E-state index contributed by atoms with van der Waals surface area (Å²) in [7, 11) is 0. The van der Waals surface area contributed by atoms with Crippen molar-refractivity contribution in [2.75, 3.05) is 6.61 Å². The second kappa shape index (κ2) is 12.7. The lowest BCUT2D eigenvalue weighted by Gasteiger charge is -2.11. The van der Waals surface area contributed by atoms with Gasteiger partial charge in [-0.3, -0.25) is 4.79 Å². The number of carbonyl (C=O) groups excluding carboxylic acids is 1. The van der Waals surface area contributed by atoms with Crippen LogP contribution in [0.25, 0.3) is 11.1 Å². The van der Waals surface area contributed by atoms with Crippen LogP contribution in [0.1, 0.15) is 94.8 Å². The van der Waals surface area contributed by atoms with Crippen LogP contribution in [-0.2, 0) is 0 Å². The first kappa shape index (κ1) is 23.6. The molecule has 2 atom stereocenters. The lowest BCUT2D eigenvalue weighted by atomic mass is 9.92. The summed E-state index contributed by atoms with van der Waals surface area (Å²) < 4.78 is 5.87. The minimum Gasteiger partial charge on any atom is -0.494 e. The first-order chi connectivity index (χ1) is 15.2. The number of hydrogen-bond donors (Lipinski definition) is 0. The van der Waals surface area contributed by atoms with Gasteiger partial charge in [0.05, 0.1) is 6.61 Å². The fourth-order valence-electron chi connectivity index (χ4n) is 4.77. The molecule has 0 saturated heterocycles. The van der Waals surface area contributed by atoms with Gasteiger partial charge in [0.15, 0.2) is 5.78 Å². The standard InChI is InChI=1S/C29H40O2/c1-3-5-7-8-9-21-31-28-19-17-25(18-20-28)24-13-15-26(16-14-24)29(30)27-12-11-23(22-27)10-6-4-2/h13-20,23,27H,3-12,21-22H2,1-2H3/t23-,27+/m1/s1. The van der Waals surface area contributed by atoms with Crippen LogP contribution in [0.15, 0.2) is 48.5 Å². The van der Waals surface area contributed by atoms with Gasteiger partial charge in [0.1, 0.15) is 5.75 Å². The molecular formula is C29H40O2. The average molecular weight is 421 g/mol. The molecule has 3 rings (SSSR count). The second-order valence-corrected chi connectivity index (χ2v) is 9.25. The molecule has 1 fully saturated rings. The molecule has 0 bridgehead atoms. The normalized spacial score (nSPS) is 18.3. The highest BCUT2D eigenvalue weighted by Crippen LogP contribution is 2.36. The Morgan fingerprint density at radius 3 is 2.13 bits per heavy atom. The van der Waals surface area contributed by atoms with E-state index in [1.54, 1.807) is 0 Å². The number of benzene rings is 2. The van der Waals surface area contributed by atoms with Gasteiger partial charge in [-0.25, -0.2) is 0 Å². The Bertz CT molecular complexity index is 775. The summed E-state index contributed by atoms with van der Waals surface area (Å²) in [5, 5.41) is 0. The van der Waals surface area contributed by atoms with Crippen molar-refractivity contribution in [2.45, 2.75) is 84.5 Å². The monoisotopic (exact) mass is 420 g/mol. The summed E-state index contributed by atoms with van der Waals surface area (Å²) in [5.41, 5.74) is 3.18. The van der Waals surface area contributed by atoms with Crippen molar-refractivity contribution >= 4 is 5.78 Å². The number of rotatable bonds is 13. The number of Topliss-reactive ketones (excluding diaryl/α,β-unsaturated/α-hetero) is 1. The van der Waals surface area contributed by atoms with Crippen LogP contribution in [0.3, 0.4) is 0 Å². The molecule has 0 radical (unpaired) electrons. The van der Waals surface area contributed by atoms with Crippen LogP contribution in [0.2, 0.25) is 0 Å². The summed E-state index contributed by atoms with van der Waals surface area (Å²) in [4.78, 5) is 12.9. The molecule has 2 heteroatoms. The molecule has 1 saturated carbocycles. The molecular weight excluding hydrogens is 380 g/mol. The molecule has 1 aliphatic rings. The molecule has 0 unspecified atom stereocenters. The van der Waals surface area contributed by atoms with Gasteiger partial charge in [-0.15, -0.1) is 0 Å². The van der Waals surface area contributed by atoms with Crippen LogP contribution in [-0.4, -0.2) is 12.4 Å². The number of carbonyl (C=O) groups is 1. The molecule has 168 valence electrons. The Hall–Kier alpha value is -2.09. The Kier molecular flexibility index (Phi) is 9.65. The van der Waals surface area contributed by atoms with Gasteiger partial charge < -0.3 is 4.74 Å². The highest BCUT2D eigenvalue weighted by Gasteiger charge is 2.29. The van der Waals surface area contributed by atoms with E-state index in [0.717, 1.165) is 54.2 Å². The van der Waals surface area contributed by atoms with E-state index in [1.165, 1.54) is 51.4 Å². The van der Waals surface area contributed by atoms with Crippen LogP contribution in [0, 0.1) is 11.8 Å². The highest BCUT2D eigenvalue weighted by atomic mass is 16.5. The average Bonchev–Trinajstić information content (AvgIpc) is 3.29. The zero-order valence-electron chi connectivity index (χ0n) is 19.6. The Morgan fingerprint density at radius 2 is 1.45 bits per heavy atom. The topological polar surface area (TPSA) is 26.3 Å². The van der Waals surface area contributed by atoms with Crippen molar-refractivity contribution in [3.8, 4) is 16.9 Å². The van der Waals surface area contributed by atoms with Crippen molar-refractivity contribution in [3.05, 3.63) is 54.1 Å². The first-order valence-electron chi connectivity index (χ1n) is 12.6. The summed E-state index contributed by atoms with van der Waals surface area (Å²) in [6, 6.07) is 16.5. The van der Waals surface area contributed by atoms with Crippen molar-refractivity contribution in [3.63, 3.8) is 0 Å². The van der Waals surface area contributed by atoms with Gasteiger partial charge in [0.25, 0.3) is 0 Å². The zero-order chi connectivity index (χ0) is 21.9. The van der Waals surface area contributed by atoms with Gasteiger partial charge in [-0.2, -0.15) is 0 Å². The smallest absolute Gasteiger partial charge is 0.165 e. The molecule has 2 aromatic rings. The van der Waals surface area contributed by atoms with E-state index in [0.29, 0.717) is 5.78 Å². The third kappa shape index (κ3) is 7.23. The van der Waals surface area contributed by atoms with Gasteiger partial charge in [-0.05, 0) is 54.9 Å². The molecule has 0 aliphatic heterocycles. The van der Waals surface area contributed by atoms with E-state index in [2.05, 4.69) is 50.2 Å². The third-order valence-electron chi connectivity index (χ3n) is 6.75. The van der Waals surface area contributed by atoms with E-state index in [4.69, 9.17) is 4.74 Å². The van der Waals surface area contributed by atoms with E-state index in [-0.39, 0.29) is 5.92 Å². The SMILES string of the molecule is CCCCCCCOc1ccc(-c2ccc(C(=O)[C@H]3CC[C@@H](CCCC)C3)cc2)cc1. The zero-order valence-corrected chi connectivity index (χ0v) is 19.6. The maximum absolute atomic E-state index is 12.9. The van der Waals surface area contributed by atoms with Crippen LogP contribution < -0.4 is 4.74 Å². The third-order valence-corrected chi connectivity index (χ3v) is 6.75. The molecule has 0 N–H and O–H groups in total. The fraction of sp³-hybridized carbons (Fsp3) is 0.552. The van der Waals surface area contributed by atoms with Crippen molar-refractivity contribution in [1.82, 2.24) is 0 Å². The fourth-order valence-corrected chi connectivity index (χ4v) is 4.77. The molecule has 31 heavy (non-hydrogen) atoms. The number of ether oxygens (including phenoxy) is 1. The van der Waals surface area contributed by atoms with Crippen molar-refractivity contribution < 1.29 is 9.53 Å². The van der Waals surface area contributed by atoms with Gasteiger partial charge in [-0.1, -0.05) is 95.2 Å². The van der Waals surface area contributed by atoms with Crippen LogP contribution >= 0.6 is 0 Å². The largest absolute Gasteiger partial charge is 0.494 e. The first-order valence-corrected chi connectivity index (χ1v) is 12.6. The van der Waals surface area contributed by atoms with E-state index in [1.807, 2.05) is 12.1 Å². The maximum Gasteiger partial charge on any atom is 0.165 e. The predicted molar refractivity (Wildman–Crippen MR) is 131 cm³/mol. The lowest BCUT2D eigenvalue weighted by molar-refractivity contribution is 0.0919. The molecule has 2 aromatic carbocycles. The van der Waals surface area contributed by atoms with E-state index >= 15 is 0 Å². The summed E-state index contributed by atoms with van der Waals surface area (Å²) in [5.74, 6) is 2.26. The molecule has 0 heterocycles. The van der Waals surface area contributed by atoms with E-state index < -0.39 is 0 Å². The number of unbranched alkanes of at least 4 members (excludes halogenated alkanes) is 5. The summed E-state index contributed by atoms with van der Waals surface area (Å²) in [6.45, 7) is 5.28. The van der Waals surface area contributed by atoms with E-state index in [9.17, 15) is 4.79 Å². The Labute approximate surface area is 189 Å². The number of ketones is 1. The Morgan fingerprint density at radius 1 is 0.806 bits per heavy atom. The van der Waals surface area contributed by atoms with Crippen molar-refractivity contribution in [2.24, 2.45) is 11.8 Å². The molecule has 0 aromatic heterocycles. The highest BCUT2D eigenvalue weighted by molar-refractivity contribution is 5.98. The molecule has 0 amide bonds. The summed E-state index contributed by atoms with van der Waals surface area (Å²) in [6.07, 6.45) is 13.5. The van der Waals surface area contributed by atoms with Gasteiger partial charge in [0.2, 0.25) is 0 Å².